The van der Waals surface area contributed by atoms with E-state index in [9.17, 15) is 0 Å². The number of nitrogen functional groups attached to an aromatic ring is 1. The van der Waals surface area contributed by atoms with Crippen LogP contribution in [0.1, 0.15) is 11.1 Å². The zero-order valence-electron chi connectivity index (χ0n) is 10.6. The number of benzene rings is 3. The Balaban J connectivity index is 2.15. The summed E-state index contributed by atoms with van der Waals surface area (Å²) < 4.78 is 0. The Morgan fingerprint density at radius 3 is 2.32 bits per heavy atom. The molecule has 0 atom stereocenters. The highest BCUT2D eigenvalue weighted by molar-refractivity contribution is 5.90. The largest absolute Gasteiger partial charge is 0.324 e. The van der Waals surface area contributed by atoms with Crippen LogP contribution in [0.4, 0.5) is 5.69 Å². The normalized spacial score (nSPS) is 10.6. The highest BCUT2D eigenvalue weighted by atomic mass is 15.2. The predicted molar refractivity (Wildman–Crippen MR) is 81.0 cm³/mol. The minimum atomic E-state index is 0.877. The van der Waals surface area contributed by atoms with Crippen LogP contribution in [0.25, 0.3) is 10.8 Å². The third-order valence-electron chi connectivity index (χ3n) is 3.42. The topological polar surface area (TPSA) is 38.0 Å². The van der Waals surface area contributed by atoms with Crippen molar-refractivity contribution in [2.45, 2.75) is 6.42 Å². The highest BCUT2D eigenvalue weighted by Gasteiger charge is 2.07. The summed E-state index contributed by atoms with van der Waals surface area (Å²) in [5.41, 5.74) is 6.33. The van der Waals surface area contributed by atoms with Crippen LogP contribution >= 0.6 is 0 Å². The van der Waals surface area contributed by atoms with Crippen LogP contribution in [0, 0.1) is 0 Å². The Hall–Kier alpha value is -2.32. The van der Waals surface area contributed by atoms with Gasteiger partial charge in [0.1, 0.15) is 0 Å². The zero-order valence-corrected chi connectivity index (χ0v) is 10.6. The fraction of sp³-hybridized carbons (Fsp3) is 0.0588. The van der Waals surface area contributed by atoms with Crippen molar-refractivity contribution in [2.24, 2.45) is 5.84 Å². The first-order valence-electron chi connectivity index (χ1n) is 6.39. The maximum Gasteiger partial charge on any atom is 0.0526 e. The minimum absolute atomic E-state index is 0.877. The first-order chi connectivity index (χ1) is 9.38. The minimum Gasteiger partial charge on any atom is -0.324 e. The van der Waals surface area contributed by atoms with Gasteiger partial charge in [0.25, 0.3) is 0 Å². The van der Waals surface area contributed by atoms with E-state index in [1.807, 2.05) is 12.1 Å². The molecule has 0 heterocycles. The van der Waals surface area contributed by atoms with Gasteiger partial charge in [-0.05, 0) is 28.0 Å². The van der Waals surface area contributed by atoms with Gasteiger partial charge in [-0.2, -0.15) is 0 Å². The summed E-state index contributed by atoms with van der Waals surface area (Å²) in [6.45, 7) is 0. The van der Waals surface area contributed by atoms with E-state index in [4.69, 9.17) is 5.84 Å². The van der Waals surface area contributed by atoms with Crippen molar-refractivity contribution in [3.63, 3.8) is 0 Å². The SMILES string of the molecule is NNc1ccc2ccccc2c1Cc1ccccc1. The van der Waals surface area contributed by atoms with Crippen molar-refractivity contribution in [3.8, 4) is 0 Å². The average Bonchev–Trinajstić information content (AvgIpc) is 2.49. The fourth-order valence-corrected chi connectivity index (χ4v) is 2.46. The lowest BCUT2D eigenvalue weighted by molar-refractivity contribution is 1.19. The highest BCUT2D eigenvalue weighted by Crippen LogP contribution is 2.27. The summed E-state index contributed by atoms with van der Waals surface area (Å²) >= 11 is 0. The van der Waals surface area contributed by atoms with Crippen LogP contribution in [-0.2, 0) is 6.42 Å². The summed E-state index contributed by atoms with van der Waals surface area (Å²) in [5.74, 6) is 5.65. The molecule has 0 radical (unpaired) electrons. The maximum absolute atomic E-state index is 5.65. The lowest BCUT2D eigenvalue weighted by Gasteiger charge is -2.12. The van der Waals surface area contributed by atoms with E-state index < -0.39 is 0 Å². The quantitative estimate of drug-likeness (QED) is 0.547. The van der Waals surface area contributed by atoms with Gasteiger partial charge in [0, 0.05) is 6.42 Å². The number of hydrogen-bond acceptors (Lipinski definition) is 2. The summed E-state index contributed by atoms with van der Waals surface area (Å²) in [4.78, 5) is 0. The molecule has 2 heteroatoms. The molecule has 0 saturated heterocycles. The number of nitrogens with two attached hydrogens (primary N) is 1. The molecule has 3 rings (SSSR count). The average molecular weight is 248 g/mol. The fourth-order valence-electron chi connectivity index (χ4n) is 2.46. The molecular formula is C17H16N2. The summed E-state index contributed by atoms with van der Waals surface area (Å²) in [6, 6.07) is 23.0. The Bertz CT molecular complexity index is 690. The molecule has 0 saturated carbocycles. The van der Waals surface area contributed by atoms with E-state index in [-0.39, 0.29) is 0 Å². The first kappa shape index (κ1) is 11.8. The summed E-state index contributed by atoms with van der Waals surface area (Å²) in [5, 5.41) is 2.49. The molecule has 0 aliphatic heterocycles. The van der Waals surface area contributed by atoms with Crippen LogP contribution in [0.15, 0.2) is 66.7 Å². The van der Waals surface area contributed by atoms with E-state index in [1.165, 1.54) is 21.9 Å². The second-order valence-corrected chi connectivity index (χ2v) is 4.62. The van der Waals surface area contributed by atoms with Gasteiger partial charge in [-0.15, -0.1) is 0 Å². The monoisotopic (exact) mass is 248 g/mol. The van der Waals surface area contributed by atoms with Gasteiger partial charge in [-0.3, -0.25) is 5.84 Å². The molecule has 0 aromatic heterocycles. The van der Waals surface area contributed by atoms with Gasteiger partial charge in [0.15, 0.2) is 0 Å². The molecule has 3 aromatic rings. The molecule has 0 amide bonds. The van der Waals surface area contributed by atoms with Gasteiger partial charge in [0.05, 0.1) is 5.69 Å². The molecular weight excluding hydrogens is 232 g/mol. The second-order valence-electron chi connectivity index (χ2n) is 4.62. The number of nitrogens with one attached hydrogen (secondary N) is 1. The molecule has 0 bridgehead atoms. The van der Waals surface area contributed by atoms with Crippen molar-refractivity contribution >= 4 is 16.5 Å². The molecule has 0 aliphatic rings. The number of anilines is 1. The Morgan fingerprint density at radius 1 is 0.789 bits per heavy atom. The Morgan fingerprint density at radius 2 is 1.53 bits per heavy atom. The number of hydrogen-bond donors (Lipinski definition) is 2. The molecule has 2 nitrogen and oxygen atoms in total. The lowest BCUT2D eigenvalue weighted by atomic mass is 9.97. The van der Waals surface area contributed by atoms with Crippen molar-refractivity contribution < 1.29 is 0 Å². The number of hydrazine groups is 1. The van der Waals surface area contributed by atoms with Crippen molar-refractivity contribution in [1.29, 1.82) is 0 Å². The van der Waals surface area contributed by atoms with Crippen molar-refractivity contribution in [3.05, 3.63) is 77.9 Å². The lowest BCUT2D eigenvalue weighted by Crippen LogP contribution is -2.09. The molecule has 0 unspecified atom stereocenters. The molecule has 19 heavy (non-hydrogen) atoms. The predicted octanol–water partition coefficient (Wildman–Crippen LogP) is 3.72. The second kappa shape index (κ2) is 5.12. The van der Waals surface area contributed by atoms with E-state index >= 15 is 0 Å². The van der Waals surface area contributed by atoms with E-state index in [2.05, 4.69) is 60.0 Å². The summed E-state index contributed by atoms with van der Waals surface area (Å²) in [7, 11) is 0. The van der Waals surface area contributed by atoms with Gasteiger partial charge in [-0.25, -0.2) is 0 Å². The molecule has 0 spiro atoms. The van der Waals surface area contributed by atoms with Crippen LogP contribution < -0.4 is 11.3 Å². The first-order valence-corrected chi connectivity index (χ1v) is 6.39. The third-order valence-corrected chi connectivity index (χ3v) is 3.42. The number of fused-ring (bicyclic) bond motifs is 1. The van der Waals surface area contributed by atoms with Gasteiger partial charge < -0.3 is 5.43 Å². The molecule has 3 N–H and O–H groups in total. The van der Waals surface area contributed by atoms with Crippen LogP contribution in [0.3, 0.4) is 0 Å². The maximum atomic E-state index is 5.65. The third kappa shape index (κ3) is 2.30. The van der Waals surface area contributed by atoms with Crippen molar-refractivity contribution in [2.75, 3.05) is 5.43 Å². The standard InChI is InChI=1S/C17H16N2/c18-19-17-11-10-14-8-4-5-9-15(14)16(17)12-13-6-2-1-3-7-13/h1-11,19H,12,18H2. The molecule has 0 aliphatic carbocycles. The van der Waals surface area contributed by atoms with Crippen LogP contribution in [0.2, 0.25) is 0 Å². The van der Waals surface area contributed by atoms with Crippen LogP contribution in [0.5, 0.6) is 0 Å². The molecule has 3 aromatic carbocycles. The molecule has 0 fully saturated rings. The summed E-state index contributed by atoms with van der Waals surface area (Å²) in [6.07, 6.45) is 0.877. The van der Waals surface area contributed by atoms with Crippen molar-refractivity contribution in [1.82, 2.24) is 0 Å². The van der Waals surface area contributed by atoms with Gasteiger partial charge >= 0.3 is 0 Å². The van der Waals surface area contributed by atoms with Crippen LogP contribution in [-0.4, -0.2) is 0 Å². The van der Waals surface area contributed by atoms with E-state index in [1.54, 1.807) is 0 Å². The number of rotatable bonds is 3. The Kier molecular flexibility index (Phi) is 3.17. The van der Waals surface area contributed by atoms with Gasteiger partial charge in [0.2, 0.25) is 0 Å². The van der Waals surface area contributed by atoms with E-state index in [0.717, 1.165) is 12.1 Å². The Labute approximate surface area is 112 Å². The zero-order chi connectivity index (χ0) is 13.1. The molecule has 94 valence electrons. The van der Waals surface area contributed by atoms with Gasteiger partial charge in [-0.1, -0.05) is 60.7 Å². The van der Waals surface area contributed by atoms with E-state index in [0.29, 0.717) is 0 Å². The smallest absolute Gasteiger partial charge is 0.0526 e.